The van der Waals surface area contributed by atoms with E-state index in [9.17, 15) is 0 Å². The molecule has 0 aliphatic heterocycles. The van der Waals surface area contributed by atoms with Crippen molar-refractivity contribution in [1.82, 2.24) is 0 Å². The topological polar surface area (TPSA) is 24.7 Å². The fourth-order valence-corrected chi connectivity index (χ4v) is 10.3. The molecule has 4 nitrogen and oxygen atoms in total. The molecule has 6 heteroatoms. The summed E-state index contributed by atoms with van der Waals surface area (Å²) in [6, 6.07) is 0. The Morgan fingerprint density at radius 2 is 0.886 bits per heavy atom. The van der Waals surface area contributed by atoms with Crippen molar-refractivity contribution >= 4 is 11.4 Å². The lowest BCUT2D eigenvalue weighted by atomic mass is 9.70. The SMILES string of the molecule is CC[N+](CC)(CCCCCC[N+](CC)(CC)CCN=C1C[C@H]2CC[C@]1(C)C2(C)C)CCN=C1C[C@H]2CC[C@]1(C)C2(C)C.[Br-].[Br-]. The number of hydrogen-bond acceptors (Lipinski definition) is 2. The number of unbranched alkanes of at least 4 members (excludes halogenated alkanes) is 3. The van der Waals surface area contributed by atoms with Crippen LogP contribution in [-0.2, 0) is 0 Å². The highest BCUT2D eigenvalue weighted by Crippen LogP contribution is 2.65. The maximum Gasteiger partial charge on any atom is 0.0985 e. The van der Waals surface area contributed by atoms with E-state index in [-0.39, 0.29) is 34.0 Å². The van der Waals surface area contributed by atoms with E-state index in [0.717, 1.165) is 24.9 Å². The monoisotopic (exact) mass is 742 g/mol. The molecule has 258 valence electrons. The normalized spacial score (nSPS) is 32.0. The van der Waals surface area contributed by atoms with Gasteiger partial charge in [-0.05, 0) is 115 Å². The van der Waals surface area contributed by atoms with Gasteiger partial charge in [-0.1, -0.05) is 41.5 Å². The molecule has 4 fully saturated rings. The first kappa shape index (κ1) is 40.4. The zero-order valence-electron chi connectivity index (χ0n) is 30.8. The summed E-state index contributed by atoms with van der Waals surface area (Å²) in [7, 11) is 0. The van der Waals surface area contributed by atoms with E-state index in [1.165, 1.54) is 126 Å². The maximum absolute atomic E-state index is 5.32. The number of rotatable bonds is 17. The molecule has 0 aromatic heterocycles. The lowest BCUT2D eigenvalue weighted by Gasteiger charge is -2.38. The first-order valence-electron chi connectivity index (χ1n) is 18.6. The highest BCUT2D eigenvalue weighted by atomic mass is 79.9. The Bertz CT molecular complexity index is 901. The van der Waals surface area contributed by atoms with Crippen LogP contribution in [-0.4, -0.2) is 85.8 Å². The molecule has 0 radical (unpaired) electrons. The highest BCUT2D eigenvalue weighted by Gasteiger charge is 2.60. The van der Waals surface area contributed by atoms with Gasteiger partial charge in [-0.25, -0.2) is 0 Å². The molecule has 4 aliphatic carbocycles. The number of aliphatic imine (C=N–C) groups is 2. The maximum atomic E-state index is 5.32. The van der Waals surface area contributed by atoms with Crippen LogP contribution in [0.2, 0.25) is 0 Å². The van der Waals surface area contributed by atoms with Crippen LogP contribution in [0.4, 0.5) is 0 Å². The Balaban J connectivity index is 0.00000337. The third kappa shape index (κ3) is 7.29. The number of fused-ring (bicyclic) bond motifs is 4. The van der Waals surface area contributed by atoms with Crippen molar-refractivity contribution in [2.24, 2.45) is 43.5 Å². The Morgan fingerprint density at radius 3 is 1.14 bits per heavy atom. The first-order chi connectivity index (χ1) is 19.8. The Morgan fingerprint density at radius 1 is 0.545 bits per heavy atom. The van der Waals surface area contributed by atoms with Gasteiger partial charge in [-0.15, -0.1) is 0 Å². The zero-order chi connectivity index (χ0) is 30.9. The van der Waals surface area contributed by atoms with E-state index >= 15 is 0 Å². The average Bonchev–Trinajstić information content (AvgIpc) is 3.49. The van der Waals surface area contributed by atoms with Gasteiger partial charge < -0.3 is 42.9 Å². The number of halogens is 2. The van der Waals surface area contributed by atoms with Gasteiger partial charge in [0.2, 0.25) is 0 Å². The van der Waals surface area contributed by atoms with Crippen LogP contribution in [0.1, 0.15) is 133 Å². The fraction of sp³-hybridized carbons (Fsp3) is 0.947. The largest absolute Gasteiger partial charge is 1.00 e. The standard InChI is InChI=1S/C38H72N4.2BrH/c1-11-41(12-2,27-23-39-33-29-31-19-21-37(33,9)35(31,5)6)25-17-15-16-18-26-42(13-3,14-4)28-24-40-34-30-32-20-22-38(34,10)36(32,7)8;;/h31-32H,11-30H2,1-10H3;2*1H/q+2;;/p-2/t31-,32-,37+,38+;;/m1../s1. The average molecular weight is 745 g/mol. The van der Waals surface area contributed by atoms with Crippen molar-refractivity contribution in [2.45, 2.75) is 133 Å². The Hall–Kier alpha value is 0.220. The second kappa shape index (κ2) is 15.6. The molecular weight excluding hydrogens is 672 g/mol. The van der Waals surface area contributed by atoms with Gasteiger partial charge in [-0.3, -0.25) is 9.98 Å². The minimum Gasteiger partial charge on any atom is -1.00 e. The predicted molar refractivity (Wildman–Crippen MR) is 184 cm³/mol. The fourth-order valence-electron chi connectivity index (χ4n) is 10.3. The van der Waals surface area contributed by atoms with Gasteiger partial charge in [0, 0.05) is 22.3 Å². The van der Waals surface area contributed by atoms with Gasteiger partial charge >= 0.3 is 0 Å². The summed E-state index contributed by atoms with van der Waals surface area (Å²) in [5.74, 6) is 1.73. The summed E-state index contributed by atoms with van der Waals surface area (Å²) in [6.45, 7) is 36.9. The summed E-state index contributed by atoms with van der Waals surface area (Å²) in [5, 5.41) is 0. The minimum absolute atomic E-state index is 0. The summed E-state index contributed by atoms with van der Waals surface area (Å²) < 4.78 is 2.50. The molecule has 4 rings (SSSR count). The van der Waals surface area contributed by atoms with Crippen LogP contribution < -0.4 is 34.0 Å². The summed E-state index contributed by atoms with van der Waals surface area (Å²) >= 11 is 0. The van der Waals surface area contributed by atoms with Crippen molar-refractivity contribution in [1.29, 1.82) is 0 Å². The molecule has 0 aromatic rings. The van der Waals surface area contributed by atoms with Gasteiger partial charge in [0.15, 0.2) is 0 Å². The van der Waals surface area contributed by atoms with Gasteiger partial charge in [0.1, 0.15) is 0 Å². The molecule has 0 unspecified atom stereocenters. The molecular formula is C38H72Br2N4. The minimum atomic E-state index is 0. The summed E-state index contributed by atoms with van der Waals surface area (Å²) in [6.07, 6.45) is 13.6. The third-order valence-electron chi connectivity index (χ3n) is 15.5. The second-order valence-electron chi connectivity index (χ2n) is 16.9. The molecule has 0 amide bonds. The number of nitrogens with zero attached hydrogens (tertiary/aromatic N) is 4. The zero-order valence-corrected chi connectivity index (χ0v) is 34.0. The van der Waals surface area contributed by atoms with E-state index < -0.39 is 0 Å². The second-order valence-corrected chi connectivity index (χ2v) is 16.9. The van der Waals surface area contributed by atoms with Crippen LogP contribution >= 0.6 is 0 Å². The van der Waals surface area contributed by atoms with Gasteiger partial charge in [0.05, 0.1) is 65.4 Å². The summed E-state index contributed by atoms with van der Waals surface area (Å²) in [5.41, 5.74) is 4.71. The lowest BCUT2D eigenvalue weighted by molar-refractivity contribution is -0.924. The third-order valence-corrected chi connectivity index (χ3v) is 15.5. The van der Waals surface area contributed by atoms with Gasteiger partial charge in [-0.2, -0.15) is 0 Å². The van der Waals surface area contributed by atoms with Crippen LogP contribution in [0.25, 0.3) is 0 Å². The summed E-state index contributed by atoms with van der Waals surface area (Å²) in [4.78, 5) is 10.6. The Kier molecular flexibility index (Phi) is 14.3. The molecule has 4 atom stereocenters. The van der Waals surface area contributed by atoms with E-state index in [1.807, 2.05) is 0 Å². The first-order valence-corrected chi connectivity index (χ1v) is 18.6. The molecule has 0 aromatic carbocycles. The van der Waals surface area contributed by atoms with Crippen molar-refractivity contribution in [3.8, 4) is 0 Å². The quantitative estimate of drug-likeness (QED) is 0.162. The van der Waals surface area contributed by atoms with Crippen molar-refractivity contribution in [2.75, 3.05) is 65.4 Å². The molecule has 0 saturated heterocycles. The van der Waals surface area contributed by atoms with Crippen LogP contribution in [0.15, 0.2) is 9.98 Å². The molecule has 0 N–H and O–H groups in total. The van der Waals surface area contributed by atoms with Crippen molar-refractivity contribution in [3.05, 3.63) is 0 Å². The smallest absolute Gasteiger partial charge is 0.0985 e. The molecule has 44 heavy (non-hydrogen) atoms. The van der Waals surface area contributed by atoms with E-state index in [1.54, 1.807) is 11.4 Å². The number of hydrogen-bond donors (Lipinski definition) is 0. The highest BCUT2D eigenvalue weighted by molar-refractivity contribution is 5.94. The molecule has 0 spiro atoms. The van der Waals surface area contributed by atoms with Gasteiger partial charge in [0.25, 0.3) is 0 Å². The van der Waals surface area contributed by atoms with Crippen LogP contribution in [0.5, 0.6) is 0 Å². The number of likely N-dealkylation sites (N-methyl/N-ethyl adjacent to an activating group) is 2. The van der Waals surface area contributed by atoms with Crippen molar-refractivity contribution in [3.63, 3.8) is 0 Å². The van der Waals surface area contributed by atoms with Crippen molar-refractivity contribution < 1.29 is 42.9 Å². The van der Waals surface area contributed by atoms with E-state index in [4.69, 9.17) is 9.98 Å². The Labute approximate surface area is 295 Å². The molecule has 4 aliphatic rings. The number of quaternary nitrogens is 2. The van der Waals surface area contributed by atoms with E-state index in [2.05, 4.69) is 69.2 Å². The lowest BCUT2D eigenvalue weighted by Crippen LogP contribution is -3.00. The molecule has 4 saturated carbocycles. The van der Waals surface area contributed by atoms with Crippen LogP contribution in [0, 0.1) is 33.5 Å². The predicted octanol–water partition coefficient (Wildman–Crippen LogP) is 2.84. The molecule has 4 bridgehead atoms. The van der Waals surface area contributed by atoms with Crippen LogP contribution in [0.3, 0.4) is 0 Å². The van der Waals surface area contributed by atoms with E-state index in [0.29, 0.717) is 21.7 Å². The molecule has 0 heterocycles.